The maximum absolute atomic E-state index is 13.1. The van der Waals surface area contributed by atoms with Crippen molar-refractivity contribution in [2.45, 2.75) is 24.9 Å². The summed E-state index contributed by atoms with van der Waals surface area (Å²) in [6.45, 7) is 1.71. The number of carbonyl (C=O) groups is 3. The van der Waals surface area contributed by atoms with Crippen molar-refractivity contribution in [3.63, 3.8) is 0 Å². The topological polar surface area (TPSA) is 101 Å². The van der Waals surface area contributed by atoms with Gasteiger partial charge in [-0.05, 0) is 25.1 Å². The fraction of sp³-hybridized carbons (Fsp3) is 0.316. The number of hydrogen-bond acceptors (Lipinski definition) is 5. The van der Waals surface area contributed by atoms with Crippen LogP contribution in [0.15, 0.2) is 47.1 Å². The van der Waals surface area contributed by atoms with Crippen molar-refractivity contribution < 1.29 is 23.5 Å². The van der Waals surface area contributed by atoms with E-state index in [1.807, 2.05) is 0 Å². The lowest BCUT2D eigenvalue weighted by Gasteiger charge is -2.33. The van der Waals surface area contributed by atoms with Gasteiger partial charge in [-0.3, -0.25) is 14.5 Å². The minimum atomic E-state index is -1.18. The number of fused-ring (bicyclic) bond motifs is 2. The van der Waals surface area contributed by atoms with Gasteiger partial charge in [-0.1, -0.05) is 18.2 Å². The minimum Gasteiger partial charge on any atom is -0.493 e. The predicted octanol–water partition coefficient (Wildman–Crippen LogP) is 1.69. The van der Waals surface area contributed by atoms with E-state index in [9.17, 15) is 14.4 Å². The average molecular weight is 369 g/mol. The molecule has 2 atom stereocenters. The van der Waals surface area contributed by atoms with E-state index in [-0.39, 0.29) is 12.6 Å². The van der Waals surface area contributed by atoms with Gasteiger partial charge >= 0.3 is 6.03 Å². The summed E-state index contributed by atoms with van der Waals surface area (Å²) < 4.78 is 10.8. The molecule has 0 aliphatic carbocycles. The van der Waals surface area contributed by atoms with Crippen molar-refractivity contribution in [3.8, 4) is 5.75 Å². The molecule has 2 aliphatic heterocycles. The van der Waals surface area contributed by atoms with E-state index >= 15 is 0 Å². The second kappa shape index (κ2) is 6.46. The van der Waals surface area contributed by atoms with Crippen LogP contribution in [-0.2, 0) is 15.1 Å². The van der Waals surface area contributed by atoms with Crippen LogP contribution >= 0.6 is 0 Å². The number of imide groups is 1. The van der Waals surface area contributed by atoms with Gasteiger partial charge in [0.15, 0.2) is 5.54 Å². The summed E-state index contributed by atoms with van der Waals surface area (Å²) in [4.78, 5) is 38.9. The zero-order valence-corrected chi connectivity index (χ0v) is 14.7. The molecule has 0 radical (unpaired) electrons. The number of para-hydroxylation sites is 1. The molecule has 4 amide bonds. The number of hydrogen-bond donors (Lipinski definition) is 2. The molecule has 2 N–H and O–H groups in total. The highest BCUT2D eigenvalue weighted by Gasteiger charge is 2.55. The van der Waals surface area contributed by atoms with Crippen molar-refractivity contribution in [1.29, 1.82) is 0 Å². The number of amides is 4. The molecule has 0 bridgehead atoms. The first-order chi connectivity index (χ1) is 13.0. The van der Waals surface area contributed by atoms with Gasteiger partial charge in [0.25, 0.3) is 5.91 Å². The number of benzene rings is 1. The normalized spacial score (nSPS) is 22.2. The molecule has 4 rings (SSSR count). The molecule has 3 heterocycles. The van der Waals surface area contributed by atoms with Gasteiger partial charge in [0.1, 0.15) is 18.1 Å². The van der Waals surface area contributed by atoms with Crippen LogP contribution in [0.3, 0.4) is 0 Å². The molecule has 0 saturated carbocycles. The molecule has 1 spiro atoms. The predicted molar refractivity (Wildman–Crippen MR) is 93.7 cm³/mol. The molecule has 1 saturated heterocycles. The van der Waals surface area contributed by atoms with Crippen LogP contribution in [-0.4, -0.2) is 35.9 Å². The Morgan fingerprint density at radius 3 is 2.89 bits per heavy atom. The number of rotatable bonds is 4. The minimum absolute atomic E-state index is 0.304. The SMILES string of the molecule is C[C@H](NC(=O)CN1C(=O)N[C@@]2(CCOc3ccccc32)C1=O)c1ccco1. The Labute approximate surface area is 155 Å². The largest absolute Gasteiger partial charge is 0.493 e. The Morgan fingerprint density at radius 1 is 1.30 bits per heavy atom. The quantitative estimate of drug-likeness (QED) is 0.799. The summed E-state index contributed by atoms with van der Waals surface area (Å²) in [6.07, 6.45) is 1.83. The lowest BCUT2D eigenvalue weighted by molar-refractivity contribution is -0.136. The van der Waals surface area contributed by atoms with Gasteiger partial charge in [0.05, 0.1) is 18.9 Å². The first kappa shape index (κ1) is 17.1. The van der Waals surface area contributed by atoms with Crippen molar-refractivity contribution in [2.75, 3.05) is 13.2 Å². The number of urea groups is 1. The maximum Gasteiger partial charge on any atom is 0.325 e. The van der Waals surface area contributed by atoms with E-state index < -0.39 is 23.4 Å². The van der Waals surface area contributed by atoms with E-state index in [2.05, 4.69) is 10.6 Å². The fourth-order valence-corrected chi connectivity index (χ4v) is 3.56. The Bertz CT molecular complexity index is 895. The fourth-order valence-electron chi connectivity index (χ4n) is 3.56. The molecule has 8 heteroatoms. The van der Waals surface area contributed by atoms with Crippen molar-refractivity contribution in [1.82, 2.24) is 15.5 Å². The summed E-state index contributed by atoms with van der Waals surface area (Å²) in [5.41, 5.74) is -0.569. The van der Waals surface area contributed by atoms with Crippen LogP contribution in [0.5, 0.6) is 5.75 Å². The molecule has 0 unspecified atom stereocenters. The number of ether oxygens (including phenoxy) is 1. The molecule has 2 aromatic rings. The molecule has 2 aliphatic rings. The number of furan rings is 1. The molecular formula is C19H19N3O5. The van der Waals surface area contributed by atoms with Crippen LogP contribution in [0.1, 0.15) is 30.7 Å². The zero-order chi connectivity index (χ0) is 19.0. The summed E-state index contributed by atoms with van der Waals surface area (Å²) in [7, 11) is 0. The molecule has 140 valence electrons. The number of carbonyl (C=O) groups excluding carboxylic acids is 3. The summed E-state index contributed by atoms with van der Waals surface area (Å²) in [5.74, 6) is 0.273. The standard InChI is InChI=1S/C19H19N3O5/c1-12(14-7-4-9-26-14)20-16(23)11-22-17(24)19(21-18(22)25)8-10-27-15-6-3-2-5-13(15)19/h2-7,9,12H,8,10-11H2,1H3,(H,20,23)(H,21,25)/t12-,19+/m0/s1. The van der Waals surface area contributed by atoms with Gasteiger partial charge in [0.2, 0.25) is 5.91 Å². The molecule has 1 aromatic heterocycles. The Kier molecular flexibility index (Phi) is 4.10. The second-order valence-electron chi connectivity index (χ2n) is 6.63. The van der Waals surface area contributed by atoms with Crippen LogP contribution in [0.25, 0.3) is 0 Å². The number of nitrogens with one attached hydrogen (secondary N) is 2. The Morgan fingerprint density at radius 2 is 2.11 bits per heavy atom. The monoisotopic (exact) mass is 369 g/mol. The van der Waals surface area contributed by atoms with E-state index in [0.717, 1.165) is 4.90 Å². The van der Waals surface area contributed by atoms with E-state index in [0.29, 0.717) is 30.1 Å². The lowest BCUT2D eigenvalue weighted by atomic mass is 9.84. The van der Waals surface area contributed by atoms with Crippen LogP contribution in [0.4, 0.5) is 4.79 Å². The Hall–Kier alpha value is -3.29. The van der Waals surface area contributed by atoms with Gasteiger partial charge in [0, 0.05) is 12.0 Å². The maximum atomic E-state index is 13.1. The van der Waals surface area contributed by atoms with E-state index in [1.165, 1.54) is 6.26 Å². The molecular weight excluding hydrogens is 350 g/mol. The smallest absolute Gasteiger partial charge is 0.325 e. The van der Waals surface area contributed by atoms with Gasteiger partial charge in [-0.25, -0.2) is 4.79 Å². The Balaban J connectivity index is 1.52. The highest BCUT2D eigenvalue weighted by molar-refractivity contribution is 6.09. The molecule has 1 fully saturated rings. The van der Waals surface area contributed by atoms with Gasteiger partial charge < -0.3 is 19.8 Å². The third-order valence-electron chi connectivity index (χ3n) is 4.91. The average Bonchev–Trinajstić information content (AvgIpc) is 3.27. The highest BCUT2D eigenvalue weighted by atomic mass is 16.5. The van der Waals surface area contributed by atoms with Crippen molar-refractivity contribution >= 4 is 17.8 Å². The first-order valence-electron chi connectivity index (χ1n) is 8.70. The summed E-state index contributed by atoms with van der Waals surface area (Å²) in [5, 5.41) is 5.50. The van der Waals surface area contributed by atoms with Crippen LogP contribution < -0.4 is 15.4 Å². The molecule has 8 nitrogen and oxygen atoms in total. The number of nitrogens with zero attached hydrogens (tertiary/aromatic N) is 1. The van der Waals surface area contributed by atoms with Crippen molar-refractivity contribution in [3.05, 3.63) is 54.0 Å². The van der Waals surface area contributed by atoms with Gasteiger partial charge in [-0.2, -0.15) is 0 Å². The van der Waals surface area contributed by atoms with Crippen LogP contribution in [0, 0.1) is 0 Å². The van der Waals surface area contributed by atoms with E-state index in [4.69, 9.17) is 9.15 Å². The van der Waals surface area contributed by atoms with Crippen LogP contribution in [0.2, 0.25) is 0 Å². The summed E-state index contributed by atoms with van der Waals surface area (Å²) >= 11 is 0. The van der Waals surface area contributed by atoms with Crippen molar-refractivity contribution in [2.24, 2.45) is 0 Å². The summed E-state index contributed by atoms with van der Waals surface area (Å²) in [6, 6.07) is 9.62. The van der Waals surface area contributed by atoms with Gasteiger partial charge in [-0.15, -0.1) is 0 Å². The first-order valence-corrected chi connectivity index (χ1v) is 8.70. The van der Waals surface area contributed by atoms with E-state index in [1.54, 1.807) is 43.3 Å². The second-order valence-corrected chi connectivity index (χ2v) is 6.63. The molecule has 1 aromatic carbocycles. The zero-order valence-electron chi connectivity index (χ0n) is 14.7. The molecule has 27 heavy (non-hydrogen) atoms. The lowest BCUT2D eigenvalue weighted by Crippen LogP contribution is -2.48. The third-order valence-corrected chi connectivity index (χ3v) is 4.91. The third kappa shape index (κ3) is 2.83. The highest BCUT2D eigenvalue weighted by Crippen LogP contribution is 2.40.